The van der Waals surface area contributed by atoms with Crippen molar-refractivity contribution in [3.05, 3.63) is 71.8 Å². The second-order valence-corrected chi connectivity index (χ2v) is 24.3. The van der Waals surface area contributed by atoms with Crippen molar-refractivity contribution in [2.45, 2.75) is 206 Å². The van der Waals surface area contributed by atoms with Gasteiger partial charge in [0.1, 0.15) is 60.4 Å². The van der Waals surface area contributed by atoms with Crippen LogP contribution in [0.2, 0.25) is 0 Å². The largest absolute Gasteiger partial charge is 0.342 e. The molecule has 0 radical (unpaired) electrons. The molecule has 84 heavy (non-hydrogen) atoms. The van der Waals surface area contributed by atoms with E-state index in [1.54, 1.807) is 82.3 Å². The maximum Gasteiger partial charge on any atom is 0.260 e. The van der Waals surface area contributed by atoms with Crippen LogP contribution in [0.4, 0.5) is 0 Å². The molecule has 12 N–H and O–H groups in total. The molecule has 2 aromatic carbocycles. The zero-order valence-electron chi connectivity index (χ0n) is 50.8. The number of benzene rings is 2. The zero-order valence-corrected chi connectivity index (χ0v) is 50.8. The molecule has 5 rings (SSSR count). The number of hydrogen-bond acceptors (Lipinski definition) is 13. The number of rotatable bonds is 16. The molecule has 0 bridgehead atoms. The third-order valence-corrected chi connectivity index (χ3v) is 15.9. The molecule has 10 amide bonds. The van der Waals surface area contributed by atoms with Gasteiger partial charge in [0.2, 0.25) is 47.3 Å². The average Bonchev–Trinajstić information content (AvgIpc) is 4.30. The van der Waals surface area contributed by atoms with E-state index in [0.717, 1.165) is 10.0 Å². The topological polar surface area (TPSA) is 334 Å². The summed E-state index contributed by atoms with van der Waals surface area (Å²) in [6.45, 7) is 16.5. The Morgan fingerprint density at radius 1 is 0.464 bits per heavy atom. The summed E-state index contributed by atoms with van der Waals surface area (Å²) in [5.74, 6) is 4.83. The van der Waals surface area contributed by atoms with E-state index < -0.39 is 131 Å². The summed E-state index contributed by atoms with van der Waals surface area (Å²) in [6, 6.07) is 5.50. The van der Waals surface area contributed by atoms with E-state index >= 15 is 0 Å². The van der Waals surface area contributed by atoms with E-state index in [9.17, 15) is 47.9 Å². The monoisotopic (exact) mass is 1170 g/mol. The molecular formula is C61H95N13O10. The van der Waals surface area contributed by atoms with E-state index in [2.05, 4.69) is 31.9 Å². The van der Waals surface area contributed by atoms with Crippen molar-refractivity contribution in [2.75, 3.05) is 19.6 Å². The summed E-state index contributed by atoms with van der Waals surface area (Å²) < 4.78 is 0. The van der Waals surface area contributed by atoms with Gasteiger partial charge in [0.05, 0.1) is 0 Å². The molecule has 23 nitrogen and oxygen atoms in total. The highest BCUT2D eigenvalue weighted by Gasteiger charge is 2.45. The second-order valence-electron chi connectivity index (χ2n) is 24.3. The molecule has 0 aliphatic carbocycles. The van der Waals surface area contributed by atoms with E-state index in [1.807, 2.05) is 40.7 Å². The van der Waals surface area contributed by atoms with Crippen LogP contribution in [0.15, 0.2) is 60.7 Å². The van der Waals surface area contributed by atoms with Crippen LogP contribution >= 0.6 is 0 Å². The number of carbonyl (C=O) groups excluding carboxylic acids is 10. The fourth-order valence-electron chi connectivity index (χ4n) is 11.2. The molecule has 0 unspecified atom stereocenters. The van der Waals surface area contributed by atoms with Crippen molar-refractivity contribution < 1.29 is 47.9 Å². The molecule has 0 spiro atoms. The van der Waals surface area contributed by atoms with E-state index in [4.69, 9.17) is 17.4 Å². The maximum absolute atomic E-state index is 15.0. The van der Waals surface area contributed by atoms with Gasteiger partial charge in [-0.15, -0.1) is 0 Å². The standard InChI is InChI=1S/C61H95N13O10/c1-10-11-25-48-56(79)65-42(32-36(2)3)52(75)67-44(34-40-21-14-12-15-22-40)58(81)72-31-20-28-47(72)55(78)70-51(39(8)9)61(84)74(64)49(26-18-29-62)57(80)66-43(33-37(4)5)53(76)68-45(35-41-23-16-13-17-24-41)59(82)71-30-19-27-46(71)54(77)69-50(38(6)7)60(83)73(48)63/h12-17,21-24,36-39,42-51H,10-11,18-20,25-35,62-64H2,1-9H3,(H,65,79)(H,66,80)(H,67,75)(H,68,76)(H,69,77)(H,70,78)/t42-,43-,44+,45+,46-,47-,48-,49-,50-,51-/m0/s1. The lowest BCUT2D eigenvalue weighted by atomic mass is 9.98. The lowest BCUT2D eigenvalue weighted by Gasteiger charge is -2.35. The molecule has 3 saturated heterocycles. The van der Waals surface area contributed by atoms with E-state index in [-0.39, 0.29) is 89.3 Å². The molecule has 3 aliphatic rings. The molecule has 23 heteroatoms. The minimum atomic E-state index is -1.39. The van der Waals surface area contributed by atoms with Crippen LogP contribution in [-0.2, 0) is 60.8 Å². The number of unbranched alkanes of at least 4 members (excludes halogenated alkanes) is 1. The van der Waals surface area contributed by atoms with Crippen molar-refractivity contribution in [3.8, 4) is 0 Å². The Hall–Kier alpha value is -6.98. The van der Waals surface area contributed by atoms with Crippen molar-refractivity contribution >= 4 is 59.1 Å². The molecule has 0 aromatic heterocycles. The van der Waals surface area contributed by atoms with Gasteiger partial charge in [0.25, 0.3) is 11.8 Å². The molecule has 464 valence electrons. The maximum atomic E-state index is 15.0. The zero-order chi connectivity index (χ0) is 61.9. The van der Waals surface area contributed by atoms with Gasteiger partial charge in [-0.2, -0.15) is 0 Å². The summed E-state index contributed by atoms with van der Waals surface area (Å²) >= 11 is 0. The number of hydrazine groups is 2. The summed E-state index contributed by atoms with van der Waals surface area (Å²) in [4.78, 5) is 150. The second kappa shape index (κ2) is 32.3. The van der Waals surface area contributed by atoms with Crippen LogP contribution in [-0.4, -0.2) is 159 Å². The highest BCUT2D eigenvalue weighted by molar-refractivity contribution is 6.00. The minimum Gasteiger partial charge on any atom is -0.342 e. The Morgan fingerprint density at radius 3 is 1.15 bits per heavy atom. The number of nitrogens with two attached hydrogens (primary N) is 3. The molecule has 0 saturated carbocycles. The predicted octanol–water partition coefficient (Wildman–Crippen LogP) is 1.85. The molecule has 2 aromatic rings. The van der Waals surface area contributed by atoms with Gasteiger partial charge >= 0.3 is 0 Å². The first kappa shape index (κ1) is 67.8. The molecule has 3 fully saturated rings. The van der Waals surface area contributed by atoms with Crippen LogP contribution in [0.3, 0.4) is 0 Å². The smallest absolute Gasteiger partial charge is 0.260 e. The number of hydrogen-bond donors (Lipinski definition) is 9. The summed E-state index contributed by atoms with van der Waals surface area (Å²) in [6.07, 6.45) is 2.85. The van der Waals surface area contributed by atoms with Gasteiger partial charge in [-0.05, 0) is 99.1 Å². The van der Waals surface area contributed by atoms with Crippen molar-refractivity contribution in [1.29, 1.82) is 0 Å². The van der Waals surface area contributed by atoms with Crippen LogP contribution in [0, 0.1) is 23.7 Å². The lowest BCUT2D eigenvalue weighted by molar-refractivity contribution is -0.148. The first-order valence-electron chi connectivity index (χ1n) is 30.2. The van der Waals surface area contributed by atoms with Gasteiger partial charge in [-0.25, -0.2) is 11.7 Å². The van der Waals surface area contributed by atoms with Crippen molar-refractivity contribution in [3.63, 3.8) is 0 Å². The number of nitrogens with zero attached hydrogens (tertiary/aromatic N) is 4. The average molecular weight is 1170 g/mol. The number of fused-ring (bicyclic) bond motifs is 2. The molecule has 10 atom stereocenters. The number of carbonyl (C=O) groups is 10. The summed E-state index contributed by atoms with van der Waals surface area (Å²) in [7, 11) is 0. The quantitative estimate of drug-likeness (QED) is 0.0858. The molecule has 3 heterocycles. The highest BCUT2D eigenvalue weighted by Crippen LogP contribution is 2.25. The van der Waals surface area contributed by atoms with Crippen molar-refractivity contribution in [1.82, 2.24) is 51.7 Å². The van der Waals surface area contributed by atoms with Crippen LogP contribution in [0.5, 0.6) is 0 Å². The van der Waals surface area contributed by atoms with E-state index in [0.29, 0.717) is 36.8 Å². The van der Waals surface area contributed by atoms with Crippen LogP contribution < -0.4 is 49.3 Å². The molecule has 3 aliphatic heterocycles. The Morgan fingerprint density at radius 2 is 0.821 bits per heavy atom. The normalized spacial score (nSPS) is 26.5. The fraction of sp³-hybridized carbons (Fsp3) is 0.639. The van der Waals surface area contributed by atoms with Gasteiger partial charge in [0, 0.05) is 25.9 Å². The van der Waals surface area contributed by atoms with Gasteiger partial charge < -0.3 is 47.4 Å². The Labute approximate surface area is 495 Å². The number of amides is 10. The Balaban J connectivity index is 1.62. The first-order valence-corrected chi connectivity index (χ1v) is 30.2. The Bertz CT molecular complexity index is 2400. The molecular weight excluding hydrogens is 1070 g/mol. The fourth-order valence-corrected chi connectivity index (χ4v) is 11.2. The SMILES string of the molecule is CCCC[C@H]1C(=O)N[C@@H](CC(C)C)C(=O)N[C@H](Cc2ccccc2)C(=O)N2CCC[C@H]2C(=O)N[C@@H](C(C)C)C(=O)N(N)[C@@H](CCCN)C(=O)N[C@@H](CC(C)C)C(=O)N[C@H](Cc2ccccc2)C(=O)N2CCC[C@H]2C(=O)N[C@@H](C(C)C)C(=O)N1N. The third-order valence-electron chi connectivity index (χ3n) is 15.9. The van der Waals surface area contributed by atoms with Gasteiger partial charge in [0.15, 0.2) is 0 Å². The van der Waals surface area contributed by atoms with E-state index in [1.165, 1.54) is 9.80 Å². The minimum absolute atomic E-state index is 0.00228. The Kier molecular flexibility index (Phi) is 26.1. The third kappa shape index (κ3) is 18.5. The lowest BCUT2D eigenvalue weighted by Crippen LogP contribution is -2.64. The highest BCUT2D eigenvalue weighted by atomic mass is 16.2. The predicted molar refractivity (Wildman–Crippen MR) is 317 cm³/mol. The van der Waals surface area contributed by atoms with Gasteiger partial charge in [-0.3, -0.25) is 58.0 Å². The first-order chi connectivity index (χ1) is 39.9. The number of nitrogens with one attached hydrogen (secondary N) is 6. The van der Waals surface area contributed by atoms with Gasteiger partial charge in [-0.1, -0.05) is 136 Å². The van der Waals surface area contributed by atoms with Crippen molar-refractivity contribution in [2.24, 2.45) is 41.1 Å². The summed E-state index contributed by atoms with van der Waals surface area (Å²) in [5, 5.41) is 18.7. The van der Waals surface area contributed by atoms with Crippen LogP contribution in [0.1, 0.15) is 144 Å². The summed E-state index contributed by atoms with van der Waals surface area (Å²) in [5.41, 5.74) is 7.33. The van der Waals surface area contributed by atoms with Crippen LogP contribution in [0.25, 0.3) is 0 Å².